The maximum atomic E-state index is 12.7. The van der Waals surface area contributed by atoms with Gasteiger partial charge in [-0.2, -0.15) is 5.26 Å². The van der Waals surface area contributed by atoms with Crippen molar-refractivity contribution in [3.63, 3.8) is 0 Å². The van der Waals surface area contributed by atoms with Gasteiger partial charge in [-0.25, -0.2) is 24.1 Å². The van der Waals surface area contributed by atoms with E-state index in [1.54, 1.807) is 42.5 Å². The number of nitrogens with zero attached hydrogens (tertiary/aromatic N) is 4. The third kappa shape index (κ3) is 3.62. The fourth-order valence-electron chi connectivity index (χ4n) is 3.19. The molecule has 0 fully saturated rings. The normalized spacial score (nSPS) is 10.6. The van der Waals surface area contributed by atoms with Gasteiger partial charge in [0.15, 0.2) is 17.2 Å². The average Bonchev–Trinajstić information content (AvgIpc) is 3.14. The molecule has 0 aliphatic carbocycles. The van der Waals surface area contributed by atoms with Crippen LogP contribution in [0.1, 0.15) is 23.0 Å². The number of hydrogen-bond donors (Lipinski definition) is 1. The Balaban J connectivity index is 1.91. The van der Waals surface area contributed by atoms with E-state index in [4.69, 9.17) is 9.47 Å². The number of carbonyl (C=O) groups excluding carboxylic acids is 1. The summed E-state index contributed by atoms with van der Waals surface area (Å²) < 4.78 is 11.5. The summed E-state index contributed by atoms with van der Waals surface area (Å²) in [6.07, 6.45) is 0. The van der Waals surface area contributed by atoms with Crippen molar-refractivity contribution in [1.82, 2.24) is 19.5 Å². The molecule has 9 heteroatoms. The lowest BCUT2D eigenvalue weighted by Gasteiger charge is -2.07. The van der Waals surface area contributed by atoms with Crippen molar-refractivity contribution in [2.24, 2.45) is 0 Å². The lowest BCUT2D eigenvalue weighted by Crippen LogP contribution is -2.15. The molecule has 2 aromatic carbocycles. The Kier molecular flexibility index (Phi) is 5.20. The Morgan fingerprint density at radius 1 is 1.19 bits per heavy atom. The van der Waals surface area contributed by atoms with Crippen LogP contribution in [0.15, 0.2) is 53.3 Å². The first-order chi connectivity index (χ1) is 15.0. The number of nitriles is 1. The third-order valence-corrected chi connectivity index (χ3v) is 4.59. The summed E-state index contributed by atoms with van der Waals surface area (Å²) in [7, 11) is 1.28. The number of aromatic nitrogens is 4. The quantitative estimate of drug-likeness (QED) is 0.497. The van der Waals surface area contributed by atoms with E-state index in [0.29, 0.717) is 23.6 Å². The molecule has 4 rings (SSSR count). The molecule has 0 atom stereocenters. The highest BCUT2D eigenvalue weighted by Crippen LogP contribution is 2.24. The summed E-state index contributed by atoms with van der Waals surface area (Å²) in [4.78, 5) is 36.1. The second-order valence-corrected chi connectivity index (χ2v) is 6.47. The monoisotopic (exact) mass is 415 g/mol. The fourth-order valence-corrected chi connectivity index (χ4v) is 3.19. The number of ether oxygens (including phenoxy) is 2. The Bertz CT molecular complexity index is 1380. The van der Waals surface area contributed by atoms with Crippen molar-refractivity contribution >= 4 is 17.1 Å². The first kappa shape index (κ1) is 19.8. The predicted molar refractivity (Wildman–Crippen MR) is 112 cm³/mol. The summed E-state index contributed by atoms with van der Waals surface area (Å²) in [5, 5.41) is 9.59. The van der Waals surface area contributed by atoms with E-state index < -0.39 is 11.7 Å². The minimum Gasteiger partial charge on any atom is -0.494 e. The van der Waals surface area contributed by atoms with Gasteiger partial charge in [-0.15, -0.1) is 0 Å². The van der Waals surface area contributed by atoms with Gasteiger partial charge < -0.3 is 14.5 Å². The van der Waals surface area contributed by atoms with Crippen LogP contribution in [0.25, 0.3) is 28.2 Å². The molecule has 0 spiro atoms. The van der Waals surface area contributed by atoms with Gasteiger partial charge in [-0.1, -0.05) is 6.07 Å². The maximum Gasteiger partial charge on any atom is 0.337 e. The van der Waals surface area contributed by atoms with Crippen LogP contribution in [-0.2, 0) is 4.74 Å². The number of H-pyrrole nitrogens is 1. The molecule has 31 heavy (non-hydrogen) atoms. The Morgan fingerprint density at radius 3 is 2.65 bits per heavy atom. The van der Waals surface area contributed by atoms with Crippen LogP contribution in [0.3, 0.4) is 0 Å². The number of esters is 1. The summed E-state index contributed by atoms with van der Waals surface area (Å²) in [5.41, 5.74) is 1.31. The highest BCUT2D eigenvalue weighted by molar-refractivity contribution is 5.90. The van der Waals surface area contributed by atoms with E-state index in [2.05, 4.69) is 15.0 Å². The smallest absolute Gasteiger partial charge is 0.337 e. The molecule has 4 aromatic rings. The molecule has 0 saturated carbocycles. The summed E-state index contributed by atoms with van der Waals surface area (Å²) >= 11 is 0. The van der Waals surface area contributed by atoms with Crippen LogP contribution in [0.4, 0.5) is 0 Å². The SMILES string of the molecule is CCOc1ccc(-c2nc(C#N)c3[nH]c(=O)n(-c4cccc(C(=O)OC)c4)c3n2)cc1. The molecule has 0 aliphatic heterocycles. The van der Waals surface area contributed by atoms with Crippen LogP contribution in [0.5, 0.6) is 5.75 Å². The van der Waals surface area contributed by atoms with Gasteiger partial charge in [-0.05, 0) is 49.4 Å². The third-order valence-electron chi connectivity index (χ3n) is 4.59. The standard InChI is InChI=1S/C22H17N5O4/c1-3-31-16-9-7-13(8-10-16)19-24-17(12-23)18-20(26-19)27(22(29)25-18)15-6-4-5-14(11-15)21(28)30-2/h4-11H,3H2,1-2H3,(H,25,29). The number of hydrogen-bond acceptors (Lipinski definition) is 7. The van der Waals surface area contributed by atoms with E-state index in [0.717, 1.165) is 0 Å². The maximum absolute atomic E-state index is 12.7. The zero-order chi connectivity index (χ0) is 22.0. The number of rotatable bonds is 5. The number of fused-ring (bicyclic) bond motifs is 1. The first-order valence-electron chi connectivity index (χ1n) is 9.40. The molecule has 0 saturated heterocycles. The van der Waals surface area contributed by atoms with Crippen molar-refractivity contribution in [2.75, 3.05) is 13.7 Å². The highest BCUT2D eigenvalue weighted by Gasteiger charge is 2.18. The molecule has 0 aliphatic rings. The van der Waals surface area contributed by atoms with Crippen molar-refractivity contribution in [3.05, 3.63) is 70.3 Å². The van der Waals surface area contributed by atoms with Crippen LogP contribution < -0.4 is 10.4 Å². The van der Waals surface area contributed by atoms with Gasteiger partial charge >= 0.3 is 11.7 Å². The average molecular weight is 415 g/mol. The number of benzene rings is 2. The predicted octanol–water partition coefficient (Wildman–Crippen LogP) is 2.83. The lowest BCUT2D eigenvalue weighted by atomic mass is 10.2. The minimum atomic E-state index is -0.530. The molecule has 0 amide bonds. The first-order valence-corrected chi connectivity index (χ1v) is 9.40. The van der Waals surface area contributed by atoms with Gasteiger partial charge in [0.25, 0.3) is 0 Å². The Hall–Kier alpha value is -4.45. The summed E-state index contributed by atoms with van der Waals surface area (Å²) in [5.74, 6) is 0.451. The zero-order valence-electron chi connectivity index (χ0n) is 16.7. The number of imidazole rings is 1. The summed E-state index contributed by atoms with van der Waals surface area (Å²) in [6, 6.07) is 15.5. The van der Waals surface area contributed by atoms with Crippen LogP contribution in [-0.4, -0.2) is 39.2 Å². The van der Waals surface area contributed by atoms with Crippen molar-refractivity contribution in [3.8, 4) is 28.9 Å². The molecular weight excluding hydrogens is 398 g/mol. The molecule has 2 aromatic heterocycles. The molecule has 9 nitrogen and oxygen atoms in total. The molecule has 0 unspecified atom stereocenters. The van der Waals surface area contributed by atoms with Gasteiger partial charge in [0.2, 0.25) is 0 Å². The zero-order valence-corrected chi connectivity index (χ0v) is 16.7. The van der Waals surface area contributed by atoms with E-state index in [9.17, 15) is 14.9 Å². The van der Waals surface area contributed by atoms with Gasteiger partial charge in [-0.3, -0.25) is 0 Å². The van der Waals surface area contributed by atoms with E-state index in [-0.39, 0.29) is 28.2 Å². The fraction of sp³-hybridized carbons (Fsp3) is 0.136. The number of carbonyl (C=O) groups is 1. The molecule has 0 radical (unpaired) electrons. The van der Waals surface area contributed by atoms with E-state index in [1.165, 1.54) is 17.7 Å². The summed E-state index contributed by atoms with van der Waals surface area (Å²) in [6.45, 7) is 2.44. The second kappa shape index (κ2) is 8.12. The van der Waals surface area contributed by atoms with Gasteiger partial charge in [0.1, 0.15) is 17.3 Å². The molecule has 154 valence electrons. The van der Waals surface area contributed by atoms with Crippen LogP contribution in [0, 0.1) is 11.3 Å². The topological polar surface area (TPSA) is 123 Å². The van der Waals surface area contributed by atoms with Gasteiger partial charge in [0.05, 0.1) is 25.0 Å². The van der Waals surface area contributed by atoms with E-state index >= 15 is 0 Å². The Morgan fingerprint density at radius 2 is 1.97 bits per heavy atom. The van der Waals surface area contributed by atoms with Gasteiger partial charge in [0, 0.05) is 5.56 Å². The Labute approximate surface area is 176 Å². The molecule has 1 N–H and O–H groups in total. The number of nitrogens with one attached hydrogen (secondary N) is 1. The largest absolute Gasteiger partial charge is 0.494 e. The van der Waals surface area contributed by atoms with Crippen LogP contribution >= 0.6 is 0 Å². The van der Waals surface area contributed by atoms with Crippen molar-refractivity contribution in [2.45, 2.75) is 6.92 Å². The number of methoxy groups -OCH3 is 1. The second-order valence-electron chi connectivity index (χ2n) is 6.47. The van der Waals surface area contributed by atoms with E-state index in [1.807, 2.05) is 13.0 Å². The molecule has 2 heterocycles. The minimum absolute atomic E-state index is 0.0360. The molecule has 0 bridgehead atoms. The van der Waals surface area contributed by atoms with Crippen LogP contribution in [0.2, 0.25) is 0 Å². The number of aromatic amines is 1. The lowest BCUT2D eigenvalue weighted by molar-refractivity contribution is 0.0600. The van der Waals surface area contributed by atoms with Crippen molar-refractivity contribution in [1.29, 1.82) is 5.26 Å². The van der Waals surface area contributed by atoms with Crippen molar-refractivity contribution < 1.29 is 14.3 Å². The molecular formula is C22H17N5O4. The highest BCUT2D eigenvalue weighted by atomic mass is 16.5.